The number of methoxy groups -OCH3 is 2. The number of carbonyl (C=O) groups excluding carboxylic acids is 2. The first kappa shape index (κ1) is 15.6. The Balaban J connectivity index is 2.32. The molecular formula is C17H14BrNO4. The highest BCUT2D eigenvalue weighted by Crippen LogP contribution is 2.40. The number of hydrogen-bond acceptors (Lipinski definition) is 4. The molecule has 1 N–H and O–H groups in total. The fourth-order valence-electron chi connectivity index (χ4n) is 2.84. The quantitative estimate of drug-likeness (QED) is 0.837. The van der Waals surface area contributed by atoms with Crippen molar-refractivity contribution < 1.29 is 19.1 Å². The maximum Gasteiger partial charge on any atom is 0.341 e. The van der Waals surface area contributed by atoms with Gasteiger partial charge in [-0.05, 0) is 35.9 Å². The van der Waals surface area contributed by atoms with Gasteiger partial charge in [-0.2, -0.15) is 0 Å². The molecule has 3 rings (SSSR count). The van der Waals surface area contributed by atoms with E-state index in [4.69, 9.17) is 9.47 Å². The van der Waals surface area contributed by atoms with Crippen LogP contribution in [0.3, 0.4) is 0 Å². The molecule has 0 saturated carbocycles. The Hall–Kier alpha value is -2.34. The third-order valence-corrected chi connectivity index (χ3v) is 4.42. The number of nitrogens with one attached hydrogen (secondary N) is 1. The minimum Gasteiger partial charge on any atom is -0.497 e. The molecule has 0 spiro atoms. The van der Waals surface area contributed by atoms with Gasteiger partial charge in [0, 0.05) is 15.6 Å². The van der Waals surface area contributed by atoms with Gasteiger partial charge in [-0.25, -0.2) is 4.79 Å². The van der Waals surface area contributed by atoms with Gasteiger partial charge < -0.3 is 14.8 Å². The van der Waals surface area contributed by atoms with Crippen molar-refractivity contribution in [3.63, 3.8) is 0 Å². The van der Waals surface area contributed by atoms with Crippen LogP contribution >= 0.6 is 15.9 Å². The highest BCUT2D eigenvalue weighted by Gasteiger charge is 2.51. The molecule has 0 aliphatic carbocycles. The van der Waals surface area contributed by atoms with Crippen molar-refractivity contribution in [1.82, 2.24) is 5.32 Å². The van der Waals surface area contributed by atoms with Crippen LogP contribution < -0.4 is 10.1 Å². The maximum atomic E-state index is 12.7. The third-order valence-electron chi connectivity index (χ3n) is 3.93. The number of carbonyl (C=O) groups is 2. The molecule has 0 fully saturated rings. The van der Waals surface area contributed by atoms with Crippen molar-refractivity contribution in [1.29, 1.82) is 0 Å². The Morgan fingerprint density at radius 2 is 1.96 bits per heavy atom. The van der Waals surface area contributed by atoms with Gasteiger partial charge >= 0.3 is 5.97 Å². The largest absolute Gasteiger partial charge is 0.497 e. The number of halogens is 1. The van der Waals surface area contributed by atoms with Crippen LogP contribution in [0.1, 0.15) is 21.5 Å². The number of fused-ring (bicyclic) bond motifs is 1. The van der Waals surface area contributed by atoms with Crippen LogP contribution in [-0.2, 0) is 15.1 Å². The van der Waals surface area contributed by atoms with Crippen LogP contribution in [0.2, 0.25) is 0 Å². The monoisotopic (exact) mass is 375 g/mol. The minimum atomic E-state index is -1.39. The molecule has 118 valence electrons. The lowest BCUT2D eigenvalue weighted by Crippen LogP contribution is -2.48. The second kappa shape index (κ2) is 5.70. The molecule has 23 heavy (non-hydrogen) atoms. The first-order chi connectivity index (χ1) is 11.0. The van der Waals surface area contributed by atoms with E-state index < -0.39 is 11.5 Å². The lowest BCUT2D eigenvalue weighted by molar-refractivity contribution is -0.146. The van der Waals surface area contributed by atoms with E-state index in [9.17, 15) is 9.59 Å². The summed E-state index contributed by atoms with van der Waals surface area (Å²) in [6.45, 7) is 0. The van der Waals surface area contributed by atoms with E-state index in [0.717, 1.165) is 4.47 Å². The van der Waals surface area contributed by atoms with Crippen LogP contribution in [0.15, 0.2) is 46.9 Å². The number of ether oxygens (including phenoxy) is 2. The SMILES string of the molecule is COC(=O)C1(c2cccc(Br)c2)NC(=O)c2ccc(OC)cc21. The molecule has 1 aliphatic rings. The lowest BCUT2D eigenvalue weighted by atomic mass is 9.83. The van der Waals surface area contributed by atoms with Gasteiger partial charge in [-0.3, -0.25) is 4.79 Å². The summed E-state index contributed by atoms with van der Waals surface area (Å²) in [5.41, 5.74) is 0.168. The Morgan fingerprint density at radius 3 is 2.61 bits per heavy atom. The van der Waals surface area contributed by atoms with E-state index in [-0.39, 0.29) is 5.91 Å². The van der Waals surface area contributed by atoms with Crippen molar-refractivity contribution >= 4 is 27.8 Å². The first-order valence-corrected chi connectivity index (χ1v) is 7.67. The number of benzene rings is 2. The molecule has 0 bridgehead atoms. The van der Waals surface area contributed by atoms with Crippen molar-refractivity contribution in [3.05, 3.63) is 63.6 Å². The fraction of sp³-hybridized carbons (Fsp3) is 0.176. The van der Waals surface area contributed by atoms with Crippen LogP contribution in [-0.4, -0.2) is 26.1 Å². The summed E-state index contributed by atoms with van der Waals surface area (Å²) >= 11 is 3.40. The van der Waals surface area contributed by atoms with Crippen molar-refractivity contribution in [2.45, 2.75) is 5.54 Å². The predicted octanol–water partition coefficient (Wildman–Crippen LogP) is 2.62. The topological polar surface area (TPSA) is 64.6 Å². The second-order valence-corrected chi connectivity index (χ2v) is 6.03. The fourth-order valence-corrected chi connectivity index (χ4v) is 3.24. The maximum absolute atomic E-state index is 12.7. The normalized spacial score (nSPS) is 19.0. The molecule has 2 aromatic carbocycles. The van der Waals surface area contributed by atoms with Crippen molar-refractivity contribution in [2.75, 3.05) is 14.2 Å². The lowest BCUT2D eigenvalue weighted by Gasteiger charge is -2.28. The molecule has 0 aromatic heterocycles. The molecular weight excluding hydrogens is 362 g/mol. The highest BCUT2D eigenvalue weighted by atomic mass is 79.9. The zero-order chi connectivity index (χ0) is 16.6. The van der Waals surface area contributed by atoms with E-state index in [0.29, 0.717) is 22.4 Å². The van der Waals surface area contributed by atoms with E-state index in [1.165, 1.54) is 14.2 Å². The van der Waals surface area contributed by atoms with Crippen LogP contribution in [0.4, 0.5) is 0 Å². The molecule has 6 heteroatoms. The summed E-state index contributed by atoms with van der Waals surface area (Å²) in [5.74, 6) is -0.326. The van der Waals surface area contributed by atoms with Gasteiger partial charge in [-0.15, -0.1) is 0 Å². The molecule has 1 amide bonds. The molecule has 5 nitrogen and oxygen atoms in total. The molecule has 0 saturated heterocycles. The summed E-state index contributed by atoms with van der Waals surface area (Å²) in [6.07, 6.45) is 0. The highest BCUT2D eigenvalue weighted by molar-refractivity contribution is 9.10. The average molecular weight is 376 g/mol. The minimum absolute atomic E-state index is 0.326. The van der Waals surface area contributed by atoms with Gasteiger partial charge in [-0.1, -0.05) is 28.1 Å². The van der Waals surface area contributed by atoms with E-state index in [1.54, 1.807) is 36.4 Å². The molecule has 0 radical (unpaired) electrons. The Bertz CT molecular complexity index is 805. The number of amides is 1. The predicted molar refractivity (Wildman–Crippen MR) is 87.4 cm³/mol. The average Bonchev–Trinajstić information content (AvgIpc) is 2.87. The van der Waals surface area contributed by atoms with Crippen molar-refractivity contribution in [2.24, 2.45) is 0 Å². The van der Waals surface area contributed by atoms with Crippen molar-refractivity contribution in [3.8, 4) is 5.75 Å². The van der Waals surface area contributed by atoms with E-state index in [2.05, 4.69) is 21.2 Å². The number of esters is 1. The molecule has 1 atom stereocenters. The molecule has 1 unspecified atom stereocenters. The van der Waals surface area contributed by atoms with Gasteiger partial charge in [0.05, 0.1) is 14.2 Å². The summed E-state index contributed by atoms with van der Waals surface area (Å²) in [5, 5.41) is 2.79. The Morgan fingerprint density at radius 1 is 1.17 bits per heavy atom. The van der Waals surface area contributed by atoms with Gasteiger partial charge in [0.1, 0.15) is 5.75 Å². The standard InChI is InChI=1S/C17H14BrNO4/c1-22-12-6-7-13-14(9-12)17(16(21)23-2,19-15(13)20)10-4-3-5-11(18)8-10/h3-9H,1-2H3,(H,19,20). The first-order valence-electron chi connectivity index (χ1n) is 6.88. The smallest absolute Gasteiger partial charge is 0.341 e. The summed E-state index contributed by atoms with van der Waals surface area (Å²) < 4.78 is 11.0. The van der Waals surface area contributed by atoms with Crippen LogP contribution in [0, 0.1) is 0 Å². The number of hydrogen-bond donors (Lipinski definition) is 1. The van der Waals surface area contributed by atoms with E-state index >= 15 is 0 Å². The van der Waals surface area contributed by atoms with Gasteiger partial charge in [0.2, 0.25) is 0 Å². The van der Waals surface area contributed by atoms with Gasteiger partial charge in [0.15, 0.2) is 5.54 Å². The molecule has 1 heterocycles. The Kier molecular flexibility index (Phi) is 3.85. The molecule has 2 aromatic rings. The van der Waals surface area contributed by atoms with Crippen LogP contribution in [0.25, 0.3) is 0 Å². The zero-order valence-electron chi connectivity index (χ0n) is 12.6. The van der Waals surface area contributed by atoms with E-state index in [1.807, 2.05) is 6.07 Å². The number of rotatable bonds is 3. The summed E-state index contributed by atoms with van der Waals surface area (Å²) in [4.78, 5) is 25.1. The second-order valence-electron chi connectivity index (χ2n) is 5.12. The summed E-state index contributed by atoms with van der Waals surface area (Å²) in [6, 6.07) is 12.2. The van der Waals surface area contributed by atoms with Crippen LogP contribution in [0.5, 0.6) is 5.75 Å². The summed E-state index contributed by atoms with van der Waals surface area (Å²) in [7, 11) is 2.83. The van der Waals surface area contributed by atoms with Gasteiger partial charge in [0.25, 0.3) is 5.91 Å². The Labute approximate surface area is 141 Å². The zero-order valence-corrected chi connectivity index (χ0v) is 14.1. The molecule has 1 aliphatic heterocycles. The third kappa shape index (κ3) is 2.30.